The molecule has 0 unspecified atom stereocenters. The SMILES string of the molecule is O=CCc1ccccc1C(=O)N1CCOCC1. The van der Waals surface area contributed by atoms with E-state index in [2.05, 4.69) is 0 Å². The van der Waals surface area contributed by atoms with Crippen LogP contribution in [0.15, 0.2) is 24.3 Å². The standard InChI is InChI=1S/C13H15NO3/c15-8-5-11-3-1-2-4-12(11)13(16)14-6-9-17-10-7-14/h1-4,8H,5-7,9-10H2. The Morgan fingerprint density at radius 1 is 1.29 bits per heavy atom. The van der Waals surface area contributed by atoms with Crippen molar-refractivity contribution in [2.45, 2.75) is 6.42 Å². The van der Waals surface area contributed by atoms with Crippen LogP contribution < -0.4 is 0 Å². The van der Waals surface area contributed by atoms with Crippen LogP contribution in [0.5, 0.6) is 0 Å². The topological polar surface area (TPSA) is 46.6 Å². The Kier molecular flexibility index (Phi) is 3.88. The molecule has 4 heteroatoms. The lowest BCUT2D eigenvalue weighted by Gasteiger charge is -2.27. The van der Waals surface area contributed by atoms with Crippen LogP contribution in [-0.2, 0) is 16.0 Å². The van der Waals surface area contributed by atoms with Crippen molar-refractivity contribution >= 4 is 12.2 Å². The zero-order chi connectivity index (χ0) is 12.1. The minimum Gasteiger partial charge on any atom is -0.378 e. The van der Waals surface area contributed by atoms with Crippen LogP contribution >= 0.6 is 0 Å². The Labute approximate surface area is 100 Å². The highest BCUT2D eigenvalue weighted by Gasteiger charge is 2.20. The van der Waals surface area contributed by atoms with Crippen LogP contribution in [0, 0.1) is 0 Å². The van der Waals surface area contributed by atoms with Gasteiger partial charge in [-0.05, 0) is 11.6 Å². The first-order valence-corrected chi connectivity index (χ1v) is 5.71. The number of rotatable bonds is 3. The van der Waals surface area contributed by atoms with Crippen molar-refractivity contribution in [1.29, 1.82) is 0 Å². The van der Waals surface area contributed by atoms with E-state index in [1.165, 1.54) is 0 Å². The van der Waals surface area contributed by atoms with E-state index in [9.17, 15) is 9.59 Å². The van der Waals surface area contributed by atoms with Gasteiger partial charge in [0.1, 0.15) is 6.29 Å². The lowest BCUT2D eigenvalue weighted by molar-refractivity contribution is -0.107. The van der Waals surface area contributed by atoms with Crippen LogP contribution in [0.2, 0.25) is 0 Å². The number of ether oxygens (including phenoxy) is 1. The Bertz CT molecular complexity index is 411. The maximum Gasteiger partial charge on any atom is 0.254 e. The third-order valence-electron chi connectivity index (χ3n) is 2.85. The molecule has 0 atom stereocenters. The highest BCUT2D eigenvalue weighted by atomic mass is 16.5. The Morgan fingerprint density at radius 3 is 2.71 bits per heavy atom. The largest absolute Gasteiger partial charge is 0.378 e. The molecule has 0 N–H and O–H groups in total. The van der Waals surface area contributed by atoms with Gasteiger partial charge in [0, 0.05) is 25.1 Å². The van der Waals surface area contributed by atoms with Crippen molar-refractivity contribution in [1.82, 2.24) is 4.90 Å². The molecule has 1 aliphatic rings. The second-order valence-electron chi connectivity index (χ2n) is 3.93. The van der Waals surface area contributed by atoms with E-state index in [1.54, 1.807) is 11.0 Å². The van der Waals surface area contributed by atoms with Crippen molar-refractivity contribution in [2.75, 3.05) is 26.3 Å². The van der Waals surface area contributed by atoms with Gasteiger partial charge < -0.3 is 14.4 Å². The van der Waals surface area contributed by atoms with E-state index >= 15 is 0 Å². The van der Waals surface area contributed by atoms with Crippen LogP contribution in [0.1, 0.15) is 15.9 Å². The number of carbonyl (C=O) groups excluding carboxylic acids is 2. The third-order valence-corrected chi connectivity index (χ3v) is 2.85. The van der Waals surface area contributed by atoms with Gasteiger partial charge in [0.15, 0.2) is 0 Å². The van der Waals surface area contributed by atoms with E-state index in [1.807, 2.05) is 18.2 Å². The number of amides is 1. The van der Waals surface area contributed by atoms with Gasteiger partial charge in [-0.3, -0.25) is 4.79 Å². The lowest BCUT2D eigenvalue weighted by Crippen LogP contribution is -2.41. The molecule has 0 spiro atoms. The molecule has 1 fully saturated rings. The lowest BCUT2D eigenvalue weighted by atomic mass is 10.0. The van der Waals surface area contributed by atoms with Gasteiger partial charge in [-0.2, -0.15) is 0 Å². The maximum atomic E-state index is 12.2. The first-order valence-electron chi connectivity index (χ1n) is 5.71. The highest BCUT2D eigenvalue weighted by Crippen LogP contribution is 2.13. The number of hydrogen-bond donors (Lipinski definition) is 0. The first kappa shape index (κ1) is 11.8. The monoisotopic (exact) mass is 233 g/mol. The van der Waals surface area contributed by atoms with Gasteiger partial charge in [-0.1, -0.05) is 18.2 Å². The normalized spacial score (nSPS) is 15.6. The van der Waals surface area contributed by atoms with Crippen LogP contribution in [-0.4, -0.2) is 43.4 Å². The minimum atomic E-state index is -0.00856. The van der Waals surface area contributed by atoms with Gasteiger partial charge in [0.05, 0.1) is 13.2 Å². The molecule has 0 aromatic heterocycles. The Morgan fingerprint density at radius 2 is 2.00 bits per heavy atom. The Balaban J connectivity index is 2.19. The second kappa shape index (κ2) is 5.59. The summed E-state index contributed by atoms with van der Waals surface area (Å²) >= 11 is 0. The van der Waals surface area contributed by atoms with Crippen LogP contribution in [0.3, 0.4) is 0 Å². The zero-order valence-corrected chi connectivity index (χ0v) is 9.59. The number of nitrogens with zero attached hydrogens (tertiary/aromatic N) is 1. The first-order chi connectivity index (χ1) is 8.33. The average molecular weight is 233 g/mol. The van der Waals surface area contributed by atoms with Gasteiger partial charge in [-0.15, -0.1) is 0 Å². The van der Waals surface area contributed by atoms with Crippen LogP contribution in [0.25, 0.3) is 0 Å². The molecule has 1 saturated heterocycles. The maximum absolute atomic E-state index is 12.2. The molecule has 17 heavy (non-hydrogen) atoms. The predicted octanol–water partition coefficient (Wildman–Crippen LogP) is 0.900. The fourth-order valence-electron chi connectivity index (χ4n) is 1.93. The molecular weight excluding hydrogens is 218 g/mol. The summed E-state index contributed by atoms with van der Waals surface area (Å²) in [6, 6.07) is 7.26. The number of morpholine rings is 1. The van der Waals surface area contributed by atoms with E-state index < -0.39 is 0 Å². The second-order valence-corrected chi connectivity index (χ2v) is 3.93. The summed E-state index contributed by atoms with van der Waals surface area (Å²) in [5.74, 6) is -0.00856. The molecule has 0 bridgehead atoms. The molecule has 2 rings (SSSR count). The van der Waals surface area contributed by atoms with E-state index in [4.69, 9.17) is 4.74 Å². The molecule has 90 valence electrons. The average Bonchev–Trinajstić information content (AvgIpc) is 2.40. The van der Waals surface area contributed by atoms with Gasteiger partial charge in [0.2, 0.25) is 0 Å². The van der Waals surface area contributed by atoms with E-state index in [0.29, 0.717) is 31.9 Å². The smallest absolute Gasteiger partial charge is 0.254 e. The number of aldehydes is 1. The summed E-state index contributed by atoms with van der Waals surface area (Å²) in [5.41, 5.74) is 1.42. The van der Waals surface area contributed by atoms with Crippen molar-refractivity contribution in [3.8, 4) is 0 Å². The van der Waals surface area contributed by atoms with Crippen molar-refractivity contribution in [3.63, 3.8) is 0 Å². The summed E-state index contributed by atoms with van der Waals surface area (Å²) in [6.45, 7) is 2.41. The van der Waals surface area contributed by atoms with Crippen molar-refractivity contribution < 1.29 is 14.3 Å². The zero-order valence-electron chi connectivity index (χ0n) is 9.59. The predicted molar refractivity (Wildman–Crippen MR) is 62.9 cm³/mol. The number of hydrogen-bond acceptors (Lipinski definition) is 3. The van der Waals surface area contributed by atoms with Crippen molar-refractivity contribution in [3.05, 3.63) is 35.4 Å². The molecular formula is C13H15NO3. The number of benzene rings is 1. The van der Waals surface area contributed by atoms with Crippen LogP contribution in [0.4, 0.5) is 0 Å². The van der Waals surface area contributed by atoms with E-state index in [-0.39, 0.29) is 12.3 Å². The molecule has 0 radical (unpaired) electrons. The molecule has 0 aliphatic carbocycles. The van der Waals surface area contributed by atoms with Gasteiger partial charge in [-0.25, -0.2) is 0 Å². The van der Waals surface area contributed by atoms with Gasteiger partial charge in [0.25, 0.3) is 5.91 Å². The van der Waals surface area contributed by atoms with E-state index in [0.717, 1.165) is 11.8 Å². The summed E-state index contributed by atoms with van der Waals surface area (Å²) in [4.78, 5) is 24.6. The summed E-state index contributed by atoms with van der Waals surface area (Å²) in [6.07, 6.45) is 1.11. The molecule has 1 aliphatic heterocycles. The molecule has 1 aromatic carbocycles. The summed E-state index contributed by atoms with van der Waals surface area (Å²) < 4.78 is 5.21. The minimum absolute atomic E-state index is 0.00856. The molecule has 0 saturated carbocycles. The molecule has 1 aromatic rings. The third kappa shape index (κ3) is 2.71. The number of carbonyl (C=O) groups is 2. The highest BCUT2D eigenvalue weighted by molar-refractivity contribution is 5.96. The summed E-state index contributed by atoms with van der Waals surface area (Å²) in [7, 11) is 0. The van der Waals surface area contributed by atoms with Crippen molar-refractivity contribution in [2.24, 2.45) is 0 Å². The Hall–Kier alpha value is -1.68. The van der Waals surface area contributed by atoms with Gasteiger partial charge >= 0.3 is 0 Å². The molecule has 1 heterocycles. The fourth-order valence-corrected chi connectivity index (χ4v) is 1.93. The fraction of sp³-hybridized carbons (Fsp3) is 0.385. The molecule has 4 nitrogen and oxygen atoms in total. The molecule has 1 amide bonds. The summed E-state index contributed by atoms with van der Waals surface area (Å²) in [5, 5.41) is 0. The quantitative estimate of drug-likeness (QED) is 0.729.